The van der Waals surface area contributed by atoms with E-state index in [1.807, 2.05) is 58.9 Å². The van der Waals surface area contributed by atoms with Gasteiger partial charge >= 0.3 is 6.09 Å². The summed E-state index contributed by atoms with van der Waals surface area (Å²) in [6.07, 6.45) is 4.62. The normalized spacial score (nSPS) is 12.3. The monoisotopic (exact) mass is 355 g/mol. The third kappa shape index (κ3) is 6.59. The highest BCUT2D eigenvalue weighted by Crippen LogP contribution is 2.16. The van der Waals surface area contributed by atoms with Crippen LogP contribution in [0.5, 0.6) is 0 Å². The Labute approximate surface area is 156 Å². The van der Waals surface area contributed by atoms with Crippen LogP contribution >= 0.6 is 0 Å². The zero-order chi connectivity index (χ0) is 19.7. The highest BCUT2D eigenvalue weighted by molar-refractivity contribution is 6.12. The SMILES string of the molecule is C=CN=C(/C(=C/C)NC=C)c1ccc(CNC(=O)OC(C)(C)C)c(C)c1. The van der Waals surface area contributed by atoms with Crippen LogP contribution in [0.3, 0.4) is 0 Å². The molecule has 0 unspecified atom stereocenters. The van der Waals surface area contributed by atoms with Crippen LogP contribution in [-0.2, 0) is 11.3 Å². The number of carbonyl (C=O) groups is 1. The molecule has 5 nitrogen and oxygen atoms in total. The number of amides is 1. The smallest absolute Gasteiger partial charge is 0.407 e. The van der Waals surface area contributed by atoms with Crippen LogP contribution < -0.4 is 10.6 Å². The molecule has 0 heterocycles. The maximum Gasteiger partial charge on any atom is 0.407 e. The molecule has 1 amide bonds. The van der Waals surface area contributed by atoms with Gasteiger partial charge in [0.25, 0.3) is 0 Å². The number of alkyl carbamates (subject to hydrolysis) is 1. The molecule has 0 atom stereocenters. The quantitative estimate of drug-likeness (QED) is 0.703. The van der Waals surface area contributed by atoms with E-state index in [9.17, 15) is 4.79 Å². The van der Waals surface area contributed by atoms with Crippen LogP contribution in [0, 0.1) is 6.92 Å². The number of hydrogen-bond donors (Lipinski definition) is 2. The van der Waals surface area contributed by atoms with Gasteiger partial charge in [0.2, 0.25) is 0 Å². The van der Waals surface area contributed by atoms with Gasteiger partial charge in [-0.3, -0.25) is 4.99 Å². The molecule has 26 heavy (non-hydrogen) atoms. The van der Waals surface area contributed by atoms with E-state index in [0.29, 0.717) is 6.54 Å². The number of carbonyl (C=O) groups excluding carboxylic acids is 1. The molecule has 1 rings (SSSR count). The number of hydrogen-bond acceptors (Lipinski definition) is 4. The van der Waals surface area contributed by atoms with Gasteiger partial charge in [-0.05, 0) is 58.0 Å². The molecule has 0 bridgehead atoms. The van der Waals surface area contributed by atoms with Crippen molar-refractivity contribution in [2.45, 2.75) is 46.8 Å². The van der Waals surface area contributed by atoms with Crippen molar-refractivity contribution in [3.8, 4) is 0 Å². The third-order valence-corrected chi connectivity index (χ3v) is 3.46. The summed E-state index contributed by atoms with van der Waals surface area (Å²) in [4.78, 5) is 16.2. The highest BCUT2D eigenvalue weighted by Gasteiger charge is 2.16. The van der Waals surface area contributed by atoms with Gasteiger partial charge in [-0.2, -0.15) is 0 Å². The van der Waals surface area contributed by atoms with Crippen LogP contribution in [-0.4, -0.2) is 17.4 Å². The molecule has 0 aliphatic rings. The molecule has 140 valence electrons. The fraction of sp³-hybridized carbons (Fsp3) is 0.333. The summed E-state index contributed by atoms with van der Waals surface area (Å²) >= 11 is 0. The molecular weight excluding hydrogens is 326 g/mol. The first-order valence-corrected chi connectivity index (χ1v) is 8.51. The lowest BCUT2D eigenvalue weighted by atomic mass is 10.00. The fourth-order valence-corrected chi connectivity index (χ4v) is 2.31. The number of aliphatic imine (C=N–C) groups is 1. The number of aryl methyl sites for hydroxylation is 1. The van der Waals surface area contributed by atoms with Crippen molar-refractivity contribution in [3.63, 3.8) is 0 Å². The summed E-state index contributed by atoms with van der Waals surface area (Å²) in [7, 11) is 0. The Balaban J connectivity index is 2.98. The van der Waals surface area contributed by atoms with Gasteiger partial charge in [-0.15, -0.1) is 0 Å². The Bertz CT molecular complexity index is 725. The molecule has 2 N–H and O–H groups in total. The number of ether oxygens (including phenoxy) is 1. The Morgan fingerprint density at radius 3 is 2.50 bits per heavy atom. The van der Waals surface area contributed by atoms with Crippen molar-refractivity contribution >= 4 is 11.8 Å². The van der Waals surface area contributed by atoms with E-state index in [0.717, 1.165) is 28.1 Å². The second kappa shape index (κ2) is 9.61. The lowest BCUT2D eigenvalue weighted by Gasteiger charge is -2.20. The Hall–Kier alpha value is -2.82. The summed E-state index contributed by atoms with van der Waals surface area (Å²) in [5.41, 5.74) is 4.11. The molecule has 0 fully saturated rings. The first-order chi connectivity index (χ1) is 12.2. The van der Waals surface area contributed by atoms with E-state index in [4.69, 9.17) is 4.74 Å². The van der Waals surface area contributed by atoms with Gasteiger partial charge in [0.05, 0.1) is 11.4 Å². The second-order valence-corrected chi connectivity index (χ2v) is 6.71. The van der Waals surface area contributed by atoms with Crippen LogP contribution in [0.1, 0.15) is 44.4 Å². The molecule has 0 aromatic heterocycles. The van der Waals surface area contributed by atoms with E-state index in [2.05, 4.69) is 28.8 Å². The summed E-state index contributed by atoms with van der Waals surface area (Å²) in [6.45, 7) is 17.2. The molecule has 5 heteroatoms. The summed E-state index contributed by atoms with van der Waals surface area (Å²) < 4.78 is 5.26. The number of nitrogens with one attached hydrogen (secondary N) is 2. The van der Waals surface area contributed by atoms with Crippen molar-refractivity contribution in [2.24, 2.45) is 4.99 Å². The molecule has 0 saturated carbocycles. The van der Waals surface area contributed by atoms with Gasteiger partial charge < -0.3 is 15.4 Å². The number of benzene rings is 1. The van der Waals surface area contributed by atoms with Crippen molar-refractivity contribution in [2.75, 3.05) is 0 Å². The largest absolute Gasteiger partial charge is 0.444 e. The first kappa shape index (κ1) is 21.2. The standard InChI is InChI=1S/C21H29N3O2/c1-8-18(22-9-2)19(23-10-3)16-11-12-17(15(4)13-16)14-24-20(25)26-21(5,6)7/h8-13,22H,2-3,14H2,1,4-7H3,(H,24,25)/b18-8-,23-19?. The van der Waals surface area contributed by atoms with Crippen LogP contribution in [0.15, 0.2) is 60.5 Å². The van der Waals surface area contributed by atoms with Gasteiger partial charge in [0.1, 0.15) is 5.60 Å². The van der Waals surface area contributed by atoms with Crippen LogP contribution in [0.25, 0.3) is 0 Å². The molecule has 0 saturated heterocycles. The lowest BCUT2D eigenvalue weighted by Crippen LogP contribution is -2.32. The average Bonchev–Trinajstić information content (AvgIpc) is 2.55. The van der Waals surface area contributed by atoms with E-state index in [-0.39, 0.29) is 0 Å². The Morgan fingerprint density at radius 2 is 2.00 bits per heavy atom. The van der Waals surface area contributed by atoms with E-state index < -0.39 is 11.7 Å². The van der Waals surface area contributed by atoms with E-state index in [1.165, 1.54) is 6.20 Å². The number of rotatable bonds is 7. The predicted octanol–water partition coefficient (Wildman–Crippen LogP) is 4.59. The van der Waals surface area contributed by atoms with Crippen LogP contribution in [0.2, 0.25) is 0 Å². The first-order valence-electron chi connectivity index (χ1n) is 8.51. The van der Waals surface area contributed by atoms with Gasteiger partial charge in [0.15, 0.2) is 0 Å². The summed E-state index contributed by atoms with van der Waals surface area (Å²) in [5.74, 6) is 0. The summed E-state index contributed by atoms with van der Waals surface area (Å²) in [6, 6.07) is 5.97. The third-order valence-electron chi connectivity index (χ3n) is 3.46. The zero-order valence-electron chi connectivity index (χ0n) is 16.3. The van der Waals surface area contributed by atoms with Gasteiger partial charge in [-0.25, -0.2) is 4.79 Å². The highest BCUT2D eigenvalue weighted by atomic mass is 16.6. The molecule has 0 spiro atoms. The minimum atomic E-state index is -0.514. The summed E-state index contributed by atoms with van der Waals surface area (Å²) in [5, 5.41) is 5.86. The maximum absolute atomic E-state index is 11.8. The molecule has 0 radical (unpaired) electrons. The number of allylic oxidation sites excluding steroid dienone is 2. The molecule has 0 aliphatic heterocycles. The van der Waals surface area contributed by atoms with E-state index >= 15 is 0 Å². The van der Waals surface area contributed by atoms with Crippen molar-refractivity contribution in [1.29, 1.82) is 0 Å². The average molecular weight is 355 g/mol. The molecule has 1 aromatic carbocycles. The minimum absolute atomic E-state index is 0.399. The lowest BCUT2D eigenvalue weighted by molar-refractivity contribution is 0.0523. The second-order valence-electron chi connectivity index (χ2n) is 6.71. The van der Waals surface area contributed by atoms with Gasteiger partial charge in [-0.1, -0.05) is 31.4 Å². The topological polar surface area (TPSA) is 62.7 Å². The Kier molecular flexibility index (Phi) is 7.84. The maximum atomic E-state index is 11.8. The zero-order valence-corrected chi connectivity index (χ0v) is 16.3. The minimum Gasteiger partial charge on any atom is -0.444 e. The fourth-order valence-electron chi connectivity index (χ4n) is 2.31. The predicted molar refractivity (Wildman–Crippen MR) is 108 cm³/mol. The molecule has 0 aliphatic carbocycles. The Morgan fingerprint density at radius 1 is 1.31 bits per heavy atom. The molecule has 1 aromatic rings. The van der Waals surface area contributed by atoms with Crippen LogP contribution in [0.4, 0.5) is 4.79 Å². The molecular formula is C21H29N3O2. The van der Waals surface area contributed by atoms with Crippen molar-refractivity contribution in [1.82, 2.24) is 10.6 Å². The van der Waals surface area contributed by atoms with Crippen molar-refractivity contribution < 1.29 is 9.53 Å². The van der Waals surface area contributed by atoms with Gasteiger partial charge in [0, 0.05) is 18.3 Å². The van der Waals surface area contributed by atoms with Crippen molar-refractivity contribution in [3.05, 3.63) is 72.2 Å². The number of nitrogens with zero attached hydrogens (tertiary/aromatic N) is 1. The van der Waals surface area contributed by atoms with E-state index in [1.54, 1.807) is 6.20 Å².